The van der Waals surface area contributed by atoms with Gasteiger partial charge in [0.15, 0.2) is 17.5 Å². The maximum Gasteiger partial charge on any atom is 0.269 e. The lowest BCUT2D eigenvalue weighted by atomic mass is 9.92. The summed E-state index contributed by atoms with van der Waals surface area (Å²) in [6.45, 7) is 0.644. The van der Waals surface area contributed by atoms with Crippen LogP contribution in [0, 0.1) is 5.92 Å². The number of alkyl halides is 1. The molecule has 2 saturated carbocycles. The number of amides is 2. The second kappa shape index (κ2) is 4.42. The van der Waals surface area contributed by atoms with Crippen LogP contribution >= 0.6 is 0 Å². The molecule has 6 nitrogen and oxygen atoms in total. The van der Waals surface area contributed by atoms with Crippen molar-refractivity contribution in [2.24, 2.45) is 11.1 Å². The molecule has 114 valence electrons. The number of fused-ring (bicyclic) bond motifs is 1. The highest BCUT2D eigenvalue weighted by molar-refractivity contribution is 6.40. The van der Waals surface area contributed by atoms with Crippen LogP contribution in [-0.2, 0) is 14.4 Å². The molecule has 7 heteroatoms. The highest BCUT2D eigenvalue weighted by Gasteiger charge is 2.56. The molecule has 0 aromatic rings. The van der Waals surface area contributed by atoms with Crippen LogP contribution in [0.1, 0.15) is 32.1 Å². The zero-order valence-electron chi connectivity index (χ0n) is 11.7. The zero-order valence-corrected chi connectivity index (χ0v) is 11.7. The lowest BCUT2D eigenvalue weighted by molar-refractivity contribution is -0.137. The minimum absolute atomic E-state index is 0.206. The van der Waals surface area contributed by atoms with Crippen molar-refractivity contribution < 1.29 is 18.8 Å². The smallest absolute Gasteiger partial charge is 0.269 e. The van der Waals surface area contributed by atoms with Gasteiger partial charge in [0.1, 0.15) is 0 Å². The molecule has 3 fully saturated rings. The lowest BCUT2D eigenvalue weighted by Crippen LogP contribution is -2.45. The summed E-state index contributed by atoms with van der Waals surface area (Å²) in [4.78, 5) is 31.0. The van der Waals surface area contributed by atoms with E-state index in [0.29, 0.717) is 31.6 Å². The molecule has 21 heavy (non-hydrogen) atoms. The first kappa shape index (κ1) is 13.0. The second-order valence-corrected chi connectivity index (χ2v) is 6.50. The highest BCUT2D eigenvalue weighted by Crippen LogP contribution is 2.43. The Morgan fingerprint density at radius 3 is 2.71 bits per heavy atom. The fraction of sp³-hybridized carbons (Fsp3) is 0.786. The Bertz CT molecular complexity index is 528. The van der Waals surface area contributed by atoms with Gasteiger partial charge >= 0.3 is 0 Å². The van der Waals surface area contributed by atoms with Crippen molar-refractivity contribution in [3.8, 4) is 0 Å². The van der Waals surface area contributed by atoms with Gasteiger partial charge < -0.3 is 15.1 Å². The normalized spacial score (nSPS) is 32.8. The van der Waals surface area contributed by atoms with E-state index in [-0.39, 0.29) is 24.0 Å². The van der Waals surface area contributed by atoms with Crippen LogP contribution in [0.15, 0.2) is 5.16 Å². The Balaban J connectivity index is 1.40. The van der Waals surface area contributed by atoms with E-state index in [4.69, 9.17) is 4.84 Å². The third-order valence-corrected chi connectivity index (χ3v) is 4.94. The number of oxime groups is 1. The van der Waals surface area contributed by atoms with Crippen molar-refractivity contribution in [2.75, 3.05) is 13.1 Å². The van der Waals surface area contributed by atoms with Crippen LogP contribution in [0.5, 0.6) is 0 Å². The third kappa shape index (κ3) is 2.10. The van der Waals surface area contributed by atoms with Gasteiger partial charge in [-0.2, -0.15) is 0 Å². The van der Waals surface area contributed by atoms with E-state index in [1.165, 1.54) is 4.90 Å². The number of halogens is 1. The van der Waals surface area contributed by atoms with Gasteiger partial charge in [0, 0.05) is 12.6 Å². The van der Waals surface area contributed by atoms with Gasteiger partial charge in [-0.05, 0) is 32.1 Å². The third-order valence-electron chi connectivity index (χ3n) is 4.94. The van der Waals surface area contributed by atoms with Crippen LogP contribution in [-0.4, -0.2) is 53.3 Å². The van der Waals surface area contributed by atoms with E-state index in [1.54, 1.807) is 0 Å². The largest absolute Gasteiger partial charge is 0.389 e. The minimum atomic E-state index is -1.66. The van der Waals surface area contributed by atoms with Crippen molar-refractivity contribution in [3.05, 3.63) is 0 Å². The number of hydrogen-bond donors (Lipinski definition) is 1. The number of carbonyl (C=O) groups is 2. The van der Waals surface area contributed by atoms with E-state index >= 15 is 0 Å². The molecule has 0 spiro atoms. The highest BCUT2D eigenvalue weighted by atomic mass is 19.1. The lowest BCUT2D eigenvalue weighted by Gasteiger charge is -2.26. The zero-order chi connectivity index (χ0) is 14.6. The van der Waals surface area contributed by atoms with E-state index < -0.39 is 11.6 Å². The molecule has 1 N–H and O–H groups in total. The summed E-state index contributed by atoms with van der Waals surface area (Å²) in [5, 5.41) is 6.81. The summed E-state index contributed by atoms with van der Waals surface area (Å²) < 4.78 is 13.9. The average molecular weight is 295 g/mol. The van der Waals surface area contributed by atoms with Crippen LogP contribution in [0.2, 0.25) is 0 Å². The van der Waals surface area contributed by atoms with Crippen molar-refractivity contribution in [1.29, 1.82) is 0 Å². The molecule has 2 heterocycles. The standard InChI is InChI=1S/C14H18FN3O3/c15-14(4-5-14)13(20)18-6-9-10(7-18)21-17-11(9)12(19)16-8-2-1-3-8/h8-10H,1-7H2,(H,16,19)/t9-,10+/m0/s1. The van der Waals surface area contributed by atoms with Crippen LogP contribution in [0.3, 0.4) is 0 Å². The summed E-state index contributed by atoms with van der Waals surface area (Å²) in [7, 11) is 0. The number of likely N-dealkylation sites (tertiary alicyclic amines) is 1. The van der Waals surface area contributed by atoms with E-state index in [1.807, 2.05) is 0 Å². The average Bonchev–Trinajstić information content (AvgIpc) is 2.86. The van der Waals surface area contributed by atoms with Gasteiger partial charge in [-0.15, -0.1) is 0 Å². The summed E-state index contributed by atoms with van der Waals surface area (Å²) in [5.74, 6) is -0.890. The molecule has 1 saturated heterocycles. The Morgan fingerprint density at radius 1 is 1.33 bits per heavy atom. The fourth-order valence-corrected chi connectivity index (χ4v) is 3.13. The first-order valence-electron chi connectivity index (χ1n) is 7.60. The first-order valence-corrected chi connectivity index (χ1v) is 7.60. The second-order valence-electron chi connectivity index (χ2n) is 6.50. The topological polar surface area (TPSA) is 71.0 Å². The number of hydrogen-bond acceptors (Lipinski definition) is 4. The van der Waals surface area contributed by atoms with Gasteiger partial charge in [0.05, 0.1) is 12.5 Å². The molecule has 0 aromatic carbocycles. The van der Waals surface area contributed by atoms with Crippen molar-refractivity contribution in [3.63, 3.8) is 0 Å². The van der Waals surface area contributed by atoms with Gasteiger partial charge in [-0.1, -0.05) is 5.16 Å². The monoisotopic (exact) mass is 295 g/mol. The Morgan fingerprint density at radius 2 is 2.10 bits per heavy atom. The Kier molecular flexibility index (Phi) is 2.74. The summed E-state index contributed by atoms with van der Waals surface area (Å²) in [6, 6.07) is 0.235. The van der Waals surface area contributed by atoms with Crippen LogP contribution in [0.4, 0.5) is 4.39 Å². The molecule has 4 aliphatic rings. The summed E-state index contributed by atoms with van der Waals surface area (Å²) in [5.41, 5.74) is -1.31. The van der Waals surface area contributed by atoms with E-state index in [9.17, 15) is 14.0 Å². The van der Waals surface area contributed by atoms with Gasteiger partial charge in [-0.25, -0.2) is 4.39 Å². The molecule has 0 aromatic heterocycles. The molecular formula is C14H18FN3O3. The van der Waals surface area contributed by atoms with Crippen molar-refractivity contribution in [2.45, 2.75) is 49.9 Å². The molecule has 2 aliphatic heterocycles. The molecular weight excluding hydrogens is 277 g/mol. The molecule has 4 rings (SSSR count). The number of carbonyl (C=O) groups excluding carboxylic acids is 2. The minimum Gasteiger partial charge on any atom is -0.389 e. The SMILES string of the molecule is O=C(NC1CCC1)C1=NO[C@@H]2CN(C(=O)C3(F)CC3)C[C@H]12. The molecule has 0 unspecified atom stereocenters. The van der Waals surface area contributed by atoms with Crippen LogP contribution < -0.4 is 5.32 Å². The molecule has 0 radical (unpaired) electrons. The number of nitrogens with one attached hydrogen (secondary N) is 1. The molecule has 0 bridgehead atoms. The van der Waals surface area contributed by atoms with E-state index in [0.717, 1.165) is 19.3 Å². The van der Waals surface area contributed by atoms with Crippen molar-refractivity contribution >= 4 is 17.5 Å². The first-order chi connectivity index (χ1) is 10.1. The quantitative estimate of drug-likeness (QED) is 0.818. The number of nitrogens with zero attached hydrogens (tertiary/aromatic N) is 2. The maximum absolute atomic E-state index is 13.9. The predicted octanol–water partition coefficient (Wildman–Crippen LogP) is 0.370. The van der Waals surface area contributed by atoms with E-state index in [2.05, 4.69) is 10.5 Å². The molecule has 2 amide bonds. The van der Waals surface area contributed by atoms with Crippen LogP contribution in [0.25, 0.3) is 0 Å². The Labute approximate surface area is 121 Å². The molecule has 2 atom stereocenters. The van der Waals surface area contributed by atoms with Crippen molar-refractivity contribution in [1.82, 2.24) is 10.2 Å². The van der Waals surface area contributed by atoms with Gasteiger partial charge in [0.2, 0.25) is 0 Å². The summed E-state index contributed by atoms with van der Waals surface area (Å²) >= 11 is 0. The number of rotatable bonds is 3. The summed E-state index contributed by atoms with van der Waals surface area (Å²) in [6.07, 6.45) is 3.45. The predicted molar refractivity (Wildman–Crippen MR) is 71.2 cm³/mol. The maximum atomic E-state index is 13.9. The van der Waals surface area contributed by atoms with Gasteiger partial charge in [-0.3, -0.25) is 9.59 Å². The Hall–Kier alpha value is -1.66. The fourth-order valence-electron chi connectivity index (χ4n) is 3.13. The van der Waals surface area contributed by atoms with Gasteiger partial charge in [0.25, 0.3) is 11.8 Å². The molecule has 2 aliphatic carbocycles.